The number of carbonyl (C=O) groups excluding carboxylic acids is 1. The minimum Gasteiger partial charge on any atom is -0.481 e. The Kier molecular flexibility index (Phi) is 7.25. The number of aliphatic carboxylic acids is 1. The number of nitrogens with zero attached hydrogens (tertiary/aromatic N) is 7. The molecule has 11 heteroatoms. The minimum atomic E-state index is -0.966. The van der Waals surface area contributed by atoms with E-state index in [1.807, 2.05) is 40.9 Å². The number of pyridine rings is 1. The van der Waals surface area contributed by atoms with Gasteiger partial charge in [-0.05, 0) is 54.8 Å². The van der Waals surface area contributed by atoms with Crippen molar-refractivity contribution in [3.63, 3.8) is 0 Å². The molecule has 0 aliphatic carbocycles. The molecule has 5 heterocycles. The van der Waals surface area contributed by atoms with Crippen LogP contribution in [0.4, 0.5) is 16.0 Å². The monoisotopic (exact) mass is 557 g/mol. The molecular formula is C30H32FN7O3. The number of hydrogen-bond acceptors (Lipinski definition) is 7. The Morgan fingerprint density at radius 3 is 2.61 bits per heavy atom. The van der Waals surface area contributed by atoms with Crippen LogP contribution in [0, 0.1) is 11.7 Å². The molecule has 3 aromatic heterocycles. The first-order valence-electron chi connectivity index (χ1n) is 14.0. The maximum atomic E-state index is 14.0. The van der Waals surface area contributed by atoms with E-state index in [0.717, 1.165) is 48.0 Å². The van der Waals surface area contributed by atoms with E-state index in [9.17, 15) is 14.0 Å². The van der Waals surface area contributed by atoms with Crippen LogP contribution in [-0.2, 0) is 9.59 Å². The van der Waals surface area contributed by atoms with Gasteiger partial charge in [-0.25, -0.2) is 18.9 Å². The van der Waals surface area contributed by atoms with Gasteiger partial charge in [0.25, 0.3) is 0 Å². The number of carboxylic acids is 1. The van der Waals surface area contributed by atoms with Crippen molar-refractivity contribution in [1.82, 2.24) is 24.5 Å². The van der Waals surface area contributed by atoms with Gasteiger partial charge >= 0.3 is 5.97 Å². The summed E-state index contributed by atoms with van der Waals surface area (Å²) in [6, 6.07) is 16.6. The number of carbonyl (C=O) groups is 2. The predicted octanol–water partition coefficient (Wildman–Crippen LogP) is 4.03. The zero-order valence-electron chi connectivity index (χ0n) is 22.9. The average molecular weight is 558 g/mol. The quantitative estimate of drug-likeness (QED) is 0.363. The molecule has 6 rings (SSSR count). The highest BCUT2D eigenvalue weighted by Crippen LogP contribution is 2.35. The number of anilines is 2. The highest BCUT2D eigenvalue weighted by molar-refractivity contribution is 5.83. The third-order valence-corrected chi connectivity index (χ3v) is 7.94. The lowest BCUT2D eigenvalue weighted by molar-refractivity contribution is -0.144. The Morgan fingerprint density at radius 2 is 1.83 bits per heavy atom. The highest BCUT2D eigenvalue weighted by Gasteiger charge is 2.29. The van der Waals surface area contributed by atoms with Gasteiger partial charge in [-0.2, -0.15) is 0 Å². The van der Waals surface area contributed by atoms with Crippen molar-refractivity contribution in [3.8, 4) is 11.4 Å². The number of rotatable bonds is 7. The van der Waals surface area contributed by atoms with Crippen LogP contribution in [0.3, 0.4) is 0 Å². The van der Waals surface area contributed by atoms with Crippen LogP contribution >= 0.6 is 0 Å². The van der Waals surface area contributed by atoms with Crippen molar-refractivity contribution in [2.45, 2.75) is 32.2 Å². The summed E-state index contributed by atoms with van der Waals surface area (Å²) in [5.41, 5.74) is 3.15. The molecule has 1 amide bonds. The second-order valence-electron chi connectivity index (χ2n) is 10.7. The van der Waals surface area contributed by atoms with Gasteiger partial charge in [0.1, 0.15) is 23.1 Å². The van der Waals surface area contributed by atoms with Crippen molar-refractivity contribution >= 4 is 29.2 Å². The number of imidazole rings is 1. The maximum absolute atomic E-state index is 14.0. The van der Waals surface area contributed by atoms with Crippen molar-refractivity contribution in [2.75, 3.05) is 42.5 Å². The van der Waals surface area contributed by atoms with E-state index in [4.69, 9.17) is 15.2 Å². The number of carboxylic acid groups (broad SMARTS) is 1. The summed E-state index contributed by atoms with van der Waals surface area (Å²) in [5, 5.41) is 14.0. The fraction of sp³-hybridized carbons (Fsp3) is 0.367. The molecule has 0 bridgehead atoms. The number of amides is 1. The van der Waals surface area contributed by atoms with Gasteiger partial charge in [0.2, 0.25) is 5.91 Å². The lowest BCUT2D eigenvalue weighted by Gasteiger charge is -2.36. The first-order chi connectivity index (χ1) is 19.9. The number of fused-ring (bicyclic) bond motifs is 1. The molecule has 2 fully saturated rings. The molecule has 10 nitrogen and oxygen atoms in total. The fourth-order valence-corrected chi connectivity index (χ4v) is 5.85. The summed E-state index contributed by atoms with van der Waals surface area (Å²) in [6.45, 7) is 4.73. The Morgan fingerprint density at radius 1 is 1.02 bits per heavy atom. The molecule has 2 aliphatic rings. The van der Waals surface area contributed by atoms with Gasteiger partial charge in [0.15, 0.2) is 5.65 Å². The molecule has 0 saturated carbocycles. The summed E-state index contributed by atoms with van der Waals surface area (Å²) >= 11 is 0. The van der Waals surface area contributed by atoms with E-state index in [-0.39, 0.29) is 24.2 Å². The van der Waals surface area contributed by atoms with E-state index < -0.39 is 11.9 Å². The summed E-state index contributed by atoms with van der Waals surface area (Å²) in [7, 11) is 0. The zero-order chi connectivity index (χ0) is 28.5. The minimum absolute atomic E-state index is 0.0572. The van der Waals surface area contributed by atoms with Crippen LogP contribution < -0.4 is 9.80 Å². The molecule has 2 atom stereocenters. The van der Waals surface area contributed by atoms with Gasteiger partial charge in [-0.1, -0.05) is 25.1 Å². The zero-order valence-corrected chi connectivity index (χ0v) is 22.9. The van der Waals surface area contributed by atoms with Gasteiger partial charge < -0.3 is 19.8 Å². The first-order valence-corrected chi connectivity index (χ1v) is 14.0. The van der Waals surface area contributed by atoms with Gasteiger partial charge in [0, 0.05) is 38.6 Å². The molecule has 4 aromatic rings. The van der Waals surface area contributed by atoms with Crippen LogP contribution in [0.15, 0.2) is 60.8 Å². The molecule has 0 radical (unpaired) electrons. The van der Waals surface area contributed by atoms with Crippen LogP contribution in [0.25, 0.3) is 17.0 Å². The summed E-state index contributed by atoms with van der Waals surface area (Å²) in [4.78, 5) is 39.2. The topological polar surface area (TPSA) is 107 Å². The third-order valence-electron chi connectivity index (χ3n) is 7.94. The summed E-state index contributed by atoms with van der Waals surface area (Å²) in [6.07, 6.45) is 3.53. The molecule has 2 saturated heterocycles. The smallest absolute Gasteiger partial charge is 0.304 e. The molecule has 0 unspecified atom stereocenters. The molecule has 212 valence electrons. The van der Waals surface area contributed by atoms with Crippen molar-refractivity contribution in [3.05, 3.63) is 72.2 Å². The lowest BCUT2D eigenvalue weighted by Crippen LogP contribution is -2.50. The van der Waals surface area contributed by atoms with Gasteiger partial charge in [-0.15, -0.1) is 5.10 Å². The molecule has 2 aliphatic heterocycles. The first kappa shape index (κ1) is 26.7. The van der Waals surface area contributed by atoms with Gasteiger partial charge in [0.05, 0.1) is 24.4 Å². The summed E-state index contributed by atoms with van der Waals surface area (Å²) < 4.78 is 15.8. The van der Waals surface area contributed by atoms with E-state index in [1.165, 1.54) is 6.07 Å². The van der Waals surface area contributed by atoms with E-state index in [1.54, 1.807) is 30.2 Å². The molecule has 0 spiro atoms. The van der Waals surface area contributed by atoms with Crippen molar-refractivity contribution in [2.24, 2.45) is 5.92 Å². The van der Waals surface area contributed by atoms with E-state index in [2.05, 4.69) is 14.8 Å². The Bertz CT molecular complexity index is 1580. The normalized spacial score (nSPS) is 18.2. The summed E-state index contributed by atoms with van der Waals surface area (Å²) in [5.74, 6) is -0.271. The Hall–Kier alpha value is -4.54. The third kappa shape index (κ3) is 5.44. The number of halogens is 1. The van der Waals surface area contributed by atoms with Crippen LogP contribution in [0.2, 0.25) is 0 Å². The van der Waals surface area contributed by atoms with Gasteiger partial charge in [-0.3, -0.25) is 9.59 Å². The fourth-order valence-electron chi connectivity index (χ4n) is 5.85. The number of piperazine rings is 1. The Balaban J connectivity index is 1.21. The van der Waals surface area contributed by atoms with Crippen LogP contribution in [0.1, 0.15) is 37.8 Å². The van der Waals surface area contributed by atoms with E-state index >= 15 is 0 Å². The largest absolute Gasteiger partial charge is 0.481 e. The standard InChI is InChI=1S/C30H32FN7O3/c1-20(17-29(39)40)30(41)36-15-13-35(14-16-36)27-9-3-7-23(33-27)25-19-32-26-10-11-28(34-38(25)26)37-12-4-8-24(37)21-5-2-6-22(31)18-21/h2-3,5-7,9-11,18-20,24H,4,8,12-17H2,1H3,(H,39,40)/t20-,24+/m0/s1. The molecule has 41 heavy (non-hydrogen) atoms. The second-order valence-corrected chi connectivity index (χ2v) is 10.7. The maximum Gasteiger partial charge on any atom is 0.304 e. The van der Waals surface area contributed by atoms with Crippen molar-refractivity contribution < 1.29 is 19.1 Å². The lowest BCUT2D eigenvalue weighted by atomic mass is 10.0. The number of aromatic nitrogens is 4. The second kappa shape index (κ2) is 11.1. The number of benzene rings is 1. The molecular weight excluding hydrogens is 525 g/mol. The SMILES string of the molecule is C[C@@H](CC(=O)O)C(=O)N1CCN(c2cccc(-c3cnc4ccc(N5CCC[C@@H]5c5cccc(F)c5)nn34)n2)CC1. The van der Waals surface area contributed by atoms with E-state index in [0.29, 0.717) is 31.8 Å². The molecule has 1 N–H and O–H groups in total. The van der Waals surface area contributed by atoms with Crippen LogP contribution in [-0.4, -0.2) is 74.2 Å². The van der Waals surface area contributed by atoms with Crippen molar-refractivity contribution in [1.29, 1.82) is 0 Å². The van der Waals surface area contributed by atoms with Crippen LogP contribution in [0.5, 0.6) is 0 Å². The Labute approximate surface area is 237 Å². The average Bonchev–Trinajstić information content (AvgIpc) is 3.64. The number of hydrogen-bond donors (Lipinski definition) is 1. The predicted molar refractivity (Wildman–Crippen MR) is 152 cm³/mol. The highest BCUT2D eigenvalue weighted by atomic mass is 19.1. The molecule has 1 aromatic carbocycles.